The monoisotopic (exact) mass is 233 g/mol. The van der Waals surface area contributed by atoms with E-state index in [-0.39, 0.29) is 5.44 Å². The van der Waals surface area contributed by atoms with Crippen LogP contribution in [0.4, 0.5) is 0 Å². The van der Waals surface area contributed by atoms with Crippen molar-refractivity contribution in [1.82, 2.24) is 0 Å². The third-order valence-electron chi connectivity index (χ3n) is 2.70. The smallest absolute Gasteiger partial charge is 0.134 e. The third kappa shape index (κ3) is 1.92. The van der Waals surface area contributed by atoms with Crippen LogP contribution in [0.1, 0.15) is 13.8 Å². The Morgan fingerprint density at radius 3 is 2.67 bits per heavy atom. The minimum atomic E-state index is -1.08. The van der Waals surface area contributed by atoms with Crippen LogP contribution < -0.4 is 0 Å². The van der Waals surface area contributed by atoms with Gasteiger partial charge in [0, 0.05) is 0 Å². The normalized spacial score (nSPS) is 47.3. The van der Waals surface area contributed by atoms with Crippen LogP contribution in [0.2, 0.25) is 0 Å². The molecule has 0 amide bonds. The summed E-state index contributed by atoms with van der Waals surface area (Å²) in [5.74, 6) is 0. The average molecular weight is 233 g/mol. The molecule has 6 heteroatoms. The van der Waals surface area contributed by atoms with Crippen LogP contribution in [0, 0.1) is 0 Å². The maximum atomic E-state index is 9.82. The second-order valence-corrected chi connectivity index (χ2v) is 5.24. The number of rotatable bonds is 1. The van der Waals surface area contributed by atoms with Crippen molar-refractivity contribution in [2.45, 2.75) is 49.7 Å². The van der Waals surface area contributed by atoms with Gasteiger partial charge in [0.2, 0.25) is 0 Å². The van der Waals surface area contributed by atoms with Crippen LogP contribution >= 0.6 is 11.8 Å². The van der Waals surface area contributed by atoms with Gasteiger partial charge in [-0.3, -0.25) is 4.99 Å². The van der Waals surface area contributed by atoms with E-state index in [4.69, 9.17) is 4.74 Å². The van der Waals surface area contributed by atoms with Crippen molar-refractivity contribution in [1.29, 1.82) is 0 Å². The standard InChI is InChI=1S/C9H15NO4S/c1-3(11)8-7(13)6(12)5-9(14-8)15-4(2)10-5/h3,5-9,11-13H,1-2H3/t3-,5+,6+,7-,8+,9+/m0/s1. The molecule has 0 aromatic rings. The highest BCUT2D eigenvalue weighted by atomic mass is 32.2. The first-order chi connectivity index (χ1) is 7.00. The Kier molecular flexibility index (Phi) is 3.05. The number of aliphatic hydroxyl groups excluding tert-OH is 3. The van der Waals surface area contributed by atoms with Crippen molar-refractivity contribution in [3.63, 3.8) is 0 Å². The summed E-state index contributed by atoms with van der Waals surface area (Å²) in [4.78, 5) is 4.20. The maximum absolute atomic E-state index is 9.82. The zero-order valence-corrected chi connectivity index (χ0v) is 9.39. The topological polar surface area (TPSA) is 82.3 Å². The molecule has 0 aromatic heterocycles. The predicted octanol–water partition coefficient (Wildman–Crippen LogP) is -0.652. The van der Waals surface area contributed by atoms with Gasteiger partial charge in [0.15, 0.2) is 0 Å². The number of hydrogen-bond acceptors (Lipinski definition) is 6. The van der Waals surface area contributed by atoms with Crippen LogP contribution in [0.15, 0.2) is 4.99 Å². The van der Waals surface area contributed by atoms with E-state index in [9.17, 15) is 15.3 Å². The summed E-state index contributed by atoms with van der Waals surface area (Å²) < 4.78 is 5.51. The molecule has 86 valence electrons. The molecular weight excluding hydrogens is 218 g/mol. The molecule has 2 aliphatic heterocycles. The van der Waals surface area contributed by atoms with E-state index in [0.29, 0.717) is 0 Å². The number of fused-ring (bicyclic) bond motifs is 1. The lowest BCUT2D eigenvalue weighted by Gasteiger charge is -2.39. The lowest BCUT2D eigenvalue weighted by molar-refractivity contribution is -0.181. The third-order valence-corrected chi connectivity index (χ3v) is 3.77. The van der Waals surface area contributed by atoms with Gasteiger partial charge in [-0.1, -0.05) is 11.8 Å². The van der Waals surface area contributed by atoms with Crippen molar-refractivity contribution < 1.29 is 20.1 Å². The Morgan fingerprint density at radius 1 is 1.40 bits per heavy atom. The minimum Gasteiger partial charge on any atom is -0.391 e. The second-order valence-electron chi connectivity index (χ2n) is 3.95. The van der Waals surface area contributed by atoms with Crippen molar-refractivity contribution in [2.75, 3.05) is 0 Å². The van der Waals surface area contributed by atoms with Gasteiger partial charge >= 0.3 is 0 Å². The number of nitrogens with zero attached hydrogens (tertiary/aromatic N) is 1. The van der Waals surface area contributed by atoms with Gasteiger partial charge in [-0.15, -0.1) is 0 Å². The predicted molar refractivity (Wildman–Crippen MR) is 56.8 cm³/mol. The van der Waals surface area contributed by atoms with Crippen LogP contribution in [-0.4, -0.2) is 56.3 Å². The van der Waals surface area contributed by atoms with Crippen LogP contribution in [0.25, 0.3) is 0 Å². The van der Waals surface area contributed by atoms with Crippen molar-refractivity contribution >= 4 is 16.8 Å². The fourth-order valence-corrected chi connectivity index (χ4v) is 2.98. The summed E-state index contributed by atoms with van der Waals surface area (Å²) >= 11 is 1.42. The molecule has 15 heavy (non-hydrogen) atoms. The van der Waals surface area contributed by atoms with Gasteiger partial charge in [0.05, 0.1) is 11.1 Å². The molecule has 0 unspecified atom stereocenters. The summed E-state index contributed by atoms with van der Waals surface area (Å²) in [6.07, 6.45) is -3.60. The van der Waals surface area contributed by atoms with Gasteiger partial charge < -0.3 is 20.1 Å². The van der Waals surface area contributed by atoms with E-state index in [1.807, 2.05) is 6.92 Å². The Bertz CT molecular complexity index is 283. The van der Waals surface area contributed by atoms with Gasteiger partial charge in [-0.25, -0.2) is 0 Å². The van der Waals surface area contributed by atoms with Crippen LogP contribution in [0.5, 0.6) is 0 Å². The van der Waals surface area contributed by atoms with Gasteiger partial charge in [0.1, 0.15) is 29.8 Å². The fraction of sp³-hybridized carbons (Fsp3) is 0.889. The SMILES string of the molecule is CC1=N[C@@H]2[C@@H](O)[C@H](O)[C@@H]([C@H](C)O)O[C@@H]2S1. The Hall–Kier alpha value is -0.140. The van der Waals surface area contributed by atoms with Gasteiger partial charge in [-0.05, 0) is 13.8 Å². The lowest BCUT2D eigenvalue weighted by atomic mass is 9.95. The molecular formula is C9H15NO4S. The van der Waals surface area contributed by atoms with E-state index in [2.05, 4.69) is 4.99 Å². The first kappa shape index (κ1) is 11.3. The maximum Gasteiger partial charge on any atom is 0.134 e. The Morgan fingerprint density at radius 2 is 2.07 bits per heavy atom. The second kappa shape index (κ2) is 4.03. The molecule has 0 spiro atoms. The summed E-state index contributed by atoms with van der Waals surface area (Å²) in [6, 6.07) is -0.417. The van der Waals surface area contributed by atoms with Crippen molar-refractivity contribution in [2.24, 2.45) is 4.99 Å². The highest BCUT2D eigenvalue weighted by molar-refractivity contribution is 8.14. The molecule has 6 atom stereocenters. The molecule has 0 saturated carbocycles. The molecule has 3 N–H and O–H groups in total. The first-order valence-electron chi connectivity index (χ1n) is 4.91. The van der Waals surface area contributed by atoms with Gasteiger partial charge in [-0.2, -0.15) is 0 Å². The quantitative estimate of drug-likeness (QED) is 0.560. The highest BCUT2D eigenvalue weighted by Gasteiger charge is 2.48. The number of hydrogen-bond donors (Lipinski definition) is 3. The highest BCUT2D eigenvalue weighted by Crippen LogP contribution is 2.36. The largest absolute Gasteiger partial charge is 0.391 e. The Labute approximate surface area is 92.2 Å². The number of aliphatic imine (C=N–C) groups is 1. The molecule has 0 aromatic carbocycles. The van der Waals surface area contributed by atoms with E-state index in [1.54, 1.807) is 0 Å². The van der Waals surface area contributed by atoms with E-state index in [0.717, 1.165) is 5.04 Å². The van der Waals surface area contributed by atoms with Crippen LogP contribution in [-0.2, 0) is 4.74 Å². The van der Waals surface area contributed by atoms with Crippen molar-refractivity contribution in [3.05, 3.63) is 0 Å². The summed E-state index contributed by atoms with van der Waals surface area (Å²) in [5.41, 5.74) is -0.289. The molecule has 1 saturated heterocycles. The molecule has 5 nitrogen and oxygen atoms in total. The molecule has 2 aliphatic rings. The zero-order chi connectivity index (χ0) is 11.2. The average Bonchev–Trinajstić information content (AvgIpc) is 2.52. The summed E-state index contributed by atoms with van der Waals surface area (Å²) in [6.45, 7) is 3.37. The van der Waals surface area contributed by atoms with Gasteiger partial charge in [0.25, 0.3) is 0 Å². The number of thioether (sulfide) groups is 1. The van der Waals surface area contributed by atoms with E-state index in [1.165, 1.54) is 18.7 Å². The molecule has 0 radical (unpaired) electrons. The zero-order valence-electron chi connectivity index (χ0n) is 8.57. The van der Waals surface area contributed by atoms with Crippen molar-refractivity contribution in [3.8, 4) is 0 Å². The van der Waals surface area contributed by atoms with Crippen LogP contribution in [0.3, 0.4) is 0 Å². The summed E-state index contributed by atoms with van der Waals surface area (Å²) in [5, 5.41) is 29.8. The molecule has 2 rings (SSSR count). The minimum absolute atomic E-state index is 0.289. The lowest BCUT2D eigenvalue weighted by Crippen LogP contribution is -2.57. The van der Waals surface area contributed by atoms with E-state index >= 15 is 0 Å². The first-order valence-corrected chi connectivity index (χ1v) is 5.79. The Balaban J connectivity index is 2.16. The van der Waals surface area contributed by atoms with E-state index < -0.39 is 30.5 Å². The summed E-state index contributed by atoms with van der Waals surface area (Å²) in [7, 11) is 0. The molecule has 1 fully saturated rings. The fourth-order valence-electron chi connectivity index (χ4n) is 1.92. The molecule has 0 bridgehead atoms. The number of aliphatic hydroxyl groups is 3. The number of ether oxygens (including phenoxy) is 1. The molecule has 2 heterocycles. The molecule has 0 aliphatic carbocycles.